The van der Waals surface area contributed by atoms with Gasteiger partial charge in [0.05, 0.1) is 6.10 Å². The number of carboxylic acids is 1. The molecule has 0 aromatic heterocycles. The molecule has 0 aliphatic carbocycles. The summed E-state index contributed by atoms with van der Waals surface area (Å²) in [5.41, 5.74) is 2.53. The van der Waals surface area contributed by atoms with Crippen molar-refractivity contribution >= 4 is 11.9 Å². The summed E-state index contributed by atoms with van der Waals surface area (Å²) < 4.78 is 25.1. The van der Waals surface area contributed by atoms with Gasteiger partial charge in [0, 0.05) is 24.9 Å². The van der Waals surface area contributed by atoms with Crippen LogP contribution in [0, 0.1) is 5.82 Å². The zero-order valence-electron chi connectivity index (χ0n) is 20.7. The van der Waals surface area contributed by atoms with Gasteiger partial charge in [-0.05, 0) is 79.9 Å². The highest BCUT2D eigenvalue weighted by atomic mass is 19.1. The van der Waals surface area contributed by atoms with Crippen LogP contribution < -0.4 is 9.47 Å². The molecule has 1 heterocycles. The second kappa shape index (κ2) is 10.4. The highest BCUT2D eigenvalue weighted by molar-refractivity contribution is 5.96. The van der Waals surface area contributed by atoms with Crippen LogP contribution in [-0.2, 0) is 24.2 Å². The normalized spacial score (nSPS) is 16.4. The number of fused-ring (bicyclic) bond motifs is 1. The first-order valence-electron chi connectivity index (χ1n) is 11.9. The summed E-state index contributed by atoms with van der Waals surface area (Å²) in [6, 6.07) is 18.8. The first-order chi connectivity index (χ1) is 17.1. The van der Waals surface area contributed by atoms with E-state index in [0.29, 0.717) is 29.9 Å². The van der Waals surface area contributed by atoms with Crippen molar-refractivity contribution in [3.05, 3.63) is 94.8 Å². The molecule has 0 spiro atoms. The lowest BCUT2D eigenvalue weighted by Crippen LogP contribution is -2.35. The lowest BCUT2D eigenvalue weighted by Gasteiger charge is -2.24. The fourth-order valence-electron chi connectivity index (χ4n) is 4.50. The lowest BCUT2D eigenvalue weighted by molar-refractivity contribution is -0.137. The zero-order chi connectivity index (χ0) is 25.9. The maximum atomic E-state index is 13.3. The van der Waals surface area contributed by atoms with Gasteiger partial charge in [0.1, 0.15) is 29.5 Å². The minimum atomic E-state index is -1.08. The van der Waals surface area contributed by atoms with Crippen molar-refractivity contribution in [1.29, 1.82) is 0 Å². The van der Waals surface area contributed by atoms with Gasteiger partial charge < -0.3 is 19.5 Å². The van der Waals surface area contributed by atoms with Gasteiger partial charge in [-0.15, -0.1) is 0 Å². The fraction of sp³-hybridized carbons (Fsp3) is 0.310. The highest BCUT2D eigenvalue weighted by Gasteiger charge is 2.35. The van der Waals surface area contributed by atoms with E-state index < -0.39 is 18.1 Å². The molecule has 1 aliphatic heterocycles. The van der Waals surface area contributed by atoms with Gasteiger partial charge in [0.15, 0.2) is 0 Å². The van der Waals surface area contributed by atoms with Crippen LogP contribution in [0.25, 0.3) is 0 Å². The number of aliphatic carboxylic acids is 1. The molecule has 0 bridgehead atoms. The molecule has 0 radical (unpaired) electrons. The number of carboxylic acid groups (broad SMARTS) is 1. The SMILES string of the molecule is CC(C)Oc1ccc(CN(CC(=O)O)C(=O)c2ccc3c(c2)C[C@](C)(Cc2ccc(F)cc2)O3)cc1. The summed E-state index contributed by atoms with van der Waals surface area (Å²) in [5, 5.41) is 9.42. The van der Waals surface area contributed by atoms with Crippen molar-refractivity contribution in [1.82, 2.24) is 4.90 Å². The average molecular weight is 492 g/mol. The quantitative estimate of drug-likeness (QED) is 0.441. The lowest BCUT2D eigenvalue weighted by atomic mass is 9.91. The Morgan fingerprint density at radius 1 is 1.06 bits per heavy atom. The van der Waals surface area contributed by atoms with Crippen LogP contribution in [-0.4, -0.2) is 40.1 Å². The number of nitrogens with zero attached hydrogens (tertiary/aromatic N) is 1. The summed E-state index contributed by atoms with van der Waals surface area (Å²) in [6.07, 6.45) is 1.21. The van der Waals surface area contributed by atoms with Crippen molar-refractivity contribution in [2.75, 3.05) is 6.54 Å². The molecule has 0 saturated heterocycles. The molecule has 1 aliphatic rings. The topological polar surface area (TPSA) is 76.1 Å². The fourth-order valence-corrected chi connectivity index (χ4v) is 4.50. The molecule has 36 heavy (non-hydrogen) atoms. The van der Waals surface area contributed by atoms with Crippen LogP contribution in [0.15, 0.2) is 66.7 Å². The van der Waals surface area contributed by atoms with Gasteiger partial charge in [-0.2, -0.15) is 0 Å². The van der Waals surface area contributed by atoms with Crippen LogP contribution in [0.2, 0.25) is 0 Å². The third-order valence-electron chi connectivity index (χ3n) is 6.00. The number of benzene rings is 3. The number of amides is 1. The molecule has 1 amide bonds. The minimum absolute atomic E-state index is 0.0438. The highest BCUT2D eigenvalue weighted by Crippen LogP contribution is 2.37. The molecule has 7 heteroatoms. The Morgan fingerprint density at radius 3 is 2.36 bits per heavy atom. The Morgan fingerprint density at radius 2 is 1.72 bits per heavy atom. The van der Waals surface area contributed by atoms with Crippen LogP contribution in [0.4, 0.5) is 4.39 Å². The van der Waals surface area contributed by atoms with Gasteiger partial charge in [0.2, 0.25) is 0 Å². The van der Waals surface area contributed by atoms with Gasteiger partial charge >= 0.3 is 5.97 Å². The number of halogens is 1. The van der Waals surface area contributed by atoms with Crippen LogP contribution >= 0.6 is 0 Å². The largest absolute Gasteiger partial charge is 0.491 e. The number of rotatable bonds is 9. The first-order valence-corrected chi connectivity index (χ1v) is 11.9. The van der Waals surface area contributed by atoms with Crippen molar-refractivity contribution in [2.45, 2.75) is 51.9 Å². The summed E-state index contributed by atoms with van der Waals surface area (Å²) in [7, 11) is 0. The second-order valence-corrected chi connectivity index (χ2v) is 9.72. The van der Waals surface area contributed by atoms with Crippen molar-refractivity contribution in [3.63, 3.8) is 0 Å². The standard InChI is InChI=1S/C29H30FNO5/c1-19(2)35-25-11-6-21(7-12-25)17-31(18-27(32)33)28(34)22-8-13-26-23(14-22)16-29(3,36-26)15-20-4-9-24(30)10-5-20/h4-14,19H,15-18H2,1-3H3,(H,32,33)/t29-/m0/s1. The minimum Gasteiger partial charge on any atom is -0.491 e. The van der Waals surface area contributed by atoms with Gasteiger partial charge in [-0.3, -0.25) is 9.59 Å². The summed E-state index contributed by atoms with van der Waals surface area (Å²) in [4.78, 5) is 26.2. The second-order valence-electron chi connectivity index (χ2n) is 9.72. The number of hydrogen-bond acceptors (Lipinski definition) is 4. The summed E-state index contributed by atoms with van der Waals surface area (Å²) >= 11 is 0. The van der Waals surface area contributed by atoms with Gasteiger partial charge in [0.25, 0.3) is 5.91 Å². The van der Waals surface area contributed by atoms with Crippen molar-refractivity contribution in [3.8, 4) is 11.5 Å². The maximum Gasteiger partial charge on any atom is 0.323 e. The van der Waals surface area contributed by atoms with Crippen molar-refractivity contribution in [2.24, 2.45) is 0 Å². The molecule has 0 saturated carbocycles. The summed E-state index contributed by atoms with van der Waals surface area (Å²) in [5.74, 6) is -0.323. The Kier molecular flexibility index (Phi) is 7.29. The zero-order valence-corrected chi connectivity index (χ0v) is 20.7. The Bertz CT molecular complexity index is 1240. The maximum absolute atomic E-state index is 13.3. The first kappa shape index (κ1) is 25.2. The number of carbonyl (C=O) groups excluding carboxylic acids is 1. The molecule has 0 fully saturated rings. The molecule has 1 N–H and O–H groups in total. The summed E-state index contributed by atoms with van der Waals surface area (Å²) in [6.45, 7) is 5.60. The number of ether oxygens (including phenoxy) is 2. The van der Waals surface area contributed by atoms with Crippen LogP contribution in [0.5, 0.6) is 11.5 Å². The van der Waals surface area contributed by atoms with E-state index in [4.69, 9.17) is 9.47 Å². The van der Waals surface area contributed by atoms with Crippen LogP contribution in [0.3, 0.4) is 0 Å². The average Bonchev–Trinajstić information content (AvgIpc) is 3.15. The Labute approximate surface area is 210 Å². The van der Waals surface area contributed by atoms with E-state index in [1.54, 1.807) is 30.3 Å². The Hall–Kier alpha value is -3.87. The predicted molar refractivity (Wildman–Crippen MR) is 134 cm³/mol. The smallest absolute Gasteiger partial charge is 0.323 e. The molecule has 3 aromatic rings. The predicted octanol–water partition coefficient (Wildman–Crippen LogP) is 5.28. The van der Waals surface area contributed by atoms with E-state index in [1.807, 2.05) is 45.0 Å². The molecule has 188 valence electrons. The third-order valence-corrected chi connectivity index (χ3v) is 6.00. The van der Waals surface area contributed by atoms with E-state index in [-0.39, 0.29) is 24.4 Å². The molecular weight excluding hydrogens is 461 g/mol. The molecule has 6 nitrogen and oxygen atoms in total. The molecular formula is C29H30FNO5. The molecule has 0 unspecified atom stereocenters. The van der Waals surface area contributed by atoms with E-state index >= 15 is 0 Å². The molecule has 3 aromatic carbocycles. The monoisotopic (exact) mass is 491 g/mol. The Balaban J connectivity index is 1.49. The van der Waals surface area contributed by atoms with E-state index in [9.17, 15) is 19.1 Å². The van der Waals surface area contributed by atoms with E-state index in [1.165, 1.54) is 17.0 Å². The van der Waals surface area contributed by atoms with E-state index in [0.717, 1.165) is 16.7 Å². The number of carbonyl (C=O) groups is 2. The van der Waals surface area contributed by atoms with Crippen molar-refractivity contribution < 1.29 is 28.6 Å². The third kappa shape index (κ3) is 6.22. The molecule has 1 atom stereocenters. The number of hydrogen-bond donors (Lipinski definition) is 1. The van der Waals surface area contributed by atoms with Gasteiger partial charge in [-0.1, -0.05) is 24.3 Å². The van der Waals surface area contributed by atoms with Gasteiger partial charge in [-0.25, -0.2) is 4.39 Å². The van der Waals surface area contributed by atoms with E-state index in [2.05, 4.69) is 0 Å². The molecule has 4 rings (SSSR count). The van der Waals surface area contributed by atoms with Crippen LogP contribution in [0.1, 0.15) is 47.8 Å².